The second-order valence-electron chi connectivity index (χ2n) is 2.35. The van der Waals surface area contributed by atoms with E-state index >= 15 is 0 Å². The number of aliphatic carboxylic acids is 1. The number of carbonyl (C=O) groups is 2. The zero-order valence-electron chi connectivity index (χ0n) is 6.33. The molecule has 0 aromatic carbocycles. The van der Waals surface area contributed by atoms with Crippen LogP contribution in [0.25, 0.3) is 0 Å². The van der Waals surface area contributed by atoms with Gasteiger partial charge < -0.3 is 10.8 Å². The Labute approximate surface area is 64.7 Å². The van der Waals surface area contributed by atoms with E-state index in [0.717, 1.165) is 0 Å². The van der Waals surface area contributed by atoms with Gasteiger partial charge in [-0.1, -0.05) is 6.58 Å². The van der Waals surface area contributed by atoms with Gasteiger partial charge in [-0.05, 0) is 12.5 Å². The molecule has 0 radical (unpaired) electrons. The van der Waals surface area contributed by atoms with Crippen molar-refractivity contribution in [3.8, 4) is 0 Å². The van der Waals surface area contributed by atoms with Crippen LogP contribution in [0.15, 0.2) is 12.2 Å². The third-order valence-electron chi connectivity index (χ3n) is 1.15. The van der Waals surface area contributed by atoms with E-state index in [1.54, 1.807) is 0 Å². The normalized spacial score (nSPS) is 12.2. The van der Waals surface area contributed by atoms with Crippen molar-refractivity contribution in [1.29, 1.82) is 0 Å². The number of rotatable bonds is 4. The topological polar surface area (TPSA) is 80.4 Å². The fraction of sp³-hybridized carbons (Fsp3) is 0.429. The fourth-order valence-electron chi connectivity index (χ4n) is 0.597. The molecule has 11 heavy (non-hydrogen) atoms. The molecule has 0 saturated heterocycles. The van der Waals surface area contributed by atoms with Crippen LogP contribution < -0.4 is 5.73 Å². The first-order valence-corrected chi connectivity index (χ1v) is 3.12. The van der Waals surface area contributed by atoms with Crippen molar-refractivity contribution in [2.24, 2.45) is 5.73 Å². The van der Waals surface area contributed by atoms with Crippen LogP contribution >= 0.6 is 0 Å². The number of carboxylic acid groups (broad SMARTS) is 1. The average Bonchev–Trinajstić information content (AvgIpc) is 1.84. The highest BCUT2D eigenvalue weighted by molar-refractivity contribution is 5.99. The van der Waals surface area contributed by atoms with Gasteiger partial charge in [0.1, 0.15) is 0 Å². The summed E-state index contributed by atoms with van der Waals surface area (Å²) in [6, 6.07) is -0.954. The zero-order valence-corrected chi connectivity index (χ0v) is 6.33. The van der Waals surface area contributed by atoms with E-state index in [1.807, 2.05) is 0 Å². The van der Waals surface area contributed by atoms with Crippen molar-refractivity contribution >= 4 is 11.8 Å². The Morgan fingerprint density at radius 2 is 2.09 bits per heavy atom. The molecular weight excluding hydrogens is 146 g/mol. The highest BCUT2D eigenvalue weighted by Gasteiger charge is 2.16. The lowest BCUT2D eigenvalue weighted by Gasteiger charge is -2.05. The lowest BCUT2D eigenvalue weighted by Crippen LogP contribution is -2.33. The predicted molar refractivity (Wildman–Crippen MR) is 40.0 cm³/mol. The van der Waals surface area contributed by atoms with E-state index < -0.39 is 17.8 Å². The van der Waals surface area contributed by atoms with Crippen molar-refractivity contribution in [2.75, 3.05) is 0 Å². The second-order valence-corrected chi connectivity index (χ2v) is 2.35. The molecule has 0 bridgehead atoms. The second kappa shape index (κ2) is 3.88. The maximum Gasteiger partial charge on any atom is 0.305 e. The summed E-state index contributed by atoms with van der Waals surface area (Å²) in [6.07, 6.45) is -0.342. The third-order valence-corrected chi connectivity index (χ3v) is 1.15. The molecular formula is C7H11NO3. The van der Waals surface area contributed by atoms with Crippen molar-refractivity contribution < 1.29 is 14.7 Å². The van der Waals surface area contributed by atoms with Crippen LogP contribution in [0.2, 0.25) is 0 Å². The van der Waals surface area contributed by atoms with Gasteiger partial charge in [-0.25, -0.2) is 0 Å². The van der Waals surface area contributed by atoms with Crippen molar-refractivity contribution in [3.63, 3.8) is 0 Å². The van der Waals surface area contributed by atoms with Gasteiger partial charge in [-0.3, -0.25) is 9.59 Å². The first-order chi connectivity index (χ1) is 4.95. The van der Waals surface area contributed by atoms with E-state index in [2.05, 4.69) is 6.58 Å². The first-order valence-electron chi connectivity index (χ1n) is 3.12. The van der Waals surface area contributed by atoms with Gasteiger partial charge in [0.2, 0.25) is 0 Å². The van der Waals surface area contributed by atoms with Crippen LogP contribution in [-0.2, 0) is 9.59 Å². The van der Waals surface area contributed by atoms with E-state index in [1.165, 1.54) is 6.92 Å². The monoisotopic (exact) mass is 157 g/mol. The van der Waals surface area contributed by atoms with Crippen LogP contribution in [0, 0.1) is 0 Å². The van der Waals surface area contributed by atoms with E-state index in [-0.39, 0.29) is 6.42 Å². The summed E-state index contributed by atoms with van der Waals surface area (Å²) < 4.78 is 0. The minimum absolute atomic E-state index is 0.291. The number of carbonyl (C=O) groups excluding carboxylic acids is 1. The zero-order chi connectivity index (χ0) is 9.02. The first kappa shape index (κ1) is 9.84. The molecule has 0 aromatic rings. The molecule has 4 heteroatoms. The SMILES string of the molecule is C=C(C)C(=O)C(N)CC(=O)O. The van der Waals surface area contributed by atoms with Gasteiger partial charge in [0.15, 0.2) is 5.78 Å². The van der Waals surface area contributed by atoms with Crippen molar-refractivity contribution in [2.45, 2.75) is 19.4 Å². The maximum atomic E-state index is 10.9. The molecule has 4 nitrogen and oxygen atoms in total. The Balaban J connectivity index is 4.03. The summed E-state index contributed by atoms with van der Waals surface area (Å²) in [5.41, 5.74) is 5.52. The molecule has 0 fully saturated rings. The molecule has 0 aliphatic carbocycles. The highest BCUT2D eigenvalue weighted by atomic mass is 16.4. The molecule has 1 atom stereocenters. The average molecular weight is 157 g/mol. The van der Waals surface area contributed by atoms with Crippen molar-refractivity contribution in [3.05, 3.63) is 12.2 Å². The number of ketones is 1. The van der Waals surface area contributed by atoms with Crippen LogP contribution in [0.4, 0.5) is 0 Å². The van der Waals surface area contributed by atoms with Crippen LogP contribution in [0.5, 0.6) is 0 Å². The Kier molecular flexibility index (Phi) is 3.47. The molecule has 0 spiro atoms. The standard InChI is InChI=1S/C7H11NO3/c1-4(2)7(11)5(8)3-6(9)10/h5H,1,3,8H2,2H3,(H,9,10). The number of nitrogens with two attached hydrogens (primary N) is 1. The largest absolute Gasteiger partial charge is 0.481 e. The lowest BCUT2D eigenvalue weighted by molar-refractivity contribution is -0.138. The fourth-order valence-corrected chi connectivity index (χ4v) is 0.597. The van der Waals surface area contributed by atoms with Crippen molar-refractivity contribution in [1.82, 2.24) is 0 Å². The molecule has 0 rings (SSSR count). The Bertz CT molecular complexity index is 198. The van der Waals surface area contributed by atoms with Gasteiger partial charge in [0.25, 0.3) is 0 Å². The van der Waals surface area contributed by atoms with Gasteiger partial charge in [-0.2, -0.15) is 0 Å². The van der Waals surface area contributed by atoms with Gasteiger partial charge in [0.05, 0.1) is 12.5 Å². The Hall–Kier alpha value is -1.16. The number of hydrogen-bond acceptors (Lipinski definition) is 3. The highest BCUT2D eigenvalue weighted by Crippen LogP contribution is 1.97. The number of carboxylic acids is 1. The van der Waals surface area contributed by atoms with E-state index in [9.17, 15) is 9.59 Å². The molecule has 1 unspecified atom stereocenters. The van der Waals surface area contributed by atoms with Gasteiger partial charge in [-0.15, -0.1) is 0 Å². The summed E-state index contributed by atoms with van der Waals surface area (Å²) in [5.74, 6) is -1.47. The minimum atomic E-state index is -1.08. The summed E-state index contributed by atoms with van der Waals surface area (Å²) in [7, 11) is 0. The van der Waals surface area contributed by atoms with Crippen LogP contribution in [-0.4, -0.2) is 22.9 Å². The quantitative estimate of drug-likeness (QED) is 0.560. The smallest absolute Gasteiger partial charge is 0.305 e. The van der Waals surface area contributed by atoms with Gasteiger partial charge >= 0.3 is 5.97 Å². The summed E-state index contributed by atoms with van der Waals surface area (Å²) in [6.45, 7) is 4.86. The molecule has 0 aromatic heterocycles. The molecule has 3 N–H and O–H groups in total. The summed E-state index contributed by atoms with van der Waals surface area (Å²) in [4.78, 5) is 21.0. The molecule has 0 saturated carbocycles. The predicted octanol–water partition coefficient (Wildman–Crippen LogP) is -0.0664. The molecule has 0 aliphatic rings. The molecule has 0 aliphatic heterocycles. The summed E-state index contributed by atoms with van der Waals surface area (Å²) >= 11 is 0. The molecule has 0 amide bonds. The minimum Gasteiger partial charge on any atom is -0.481 e. The Morgan fingerprint density at radius 1 is 1.64 bits per heavy atom. The molecule has 62 valence electrons. The summed E-state index contributed by atoms with van der Waals surface area (Å²) in [5, 5.41) is 8.25. The lowest BCUT2D eigenvalue weighted by atomic mass is 10.1. The van der Waals surface area contributed by atoms with Crippen LogP contribution in [0.3, 0.4) is 0 Å². The Morgan fingerprint density at radius 3 is 2.36 bits per heavy atom. The van der Waals surface area contributed by atoms with Crippen LogP contribution in [0.1, 0.15) is 13.3 Å². The molecule has 0 heterocycles. The van der Waals surface area contributed by atoms with Gasteiger partial charge in [0, 0.05) is 0 Å². The number of Topliss-reactive ketones (excluding diaryl/α,β-unsaturated/α-hetero) is 1. The third kappa shape index (κ3) is 3.52. The van der Waals surface area contributed by atoms with E-state index in [0.29, 0.717) is 5.57 Å². The maximum absolute atomic E-state index is 10.9. The number of hydrogen-bond donors (Lipinski definition) is 2. The van der Waals surface area contributed by atoms with E-state index in [4.69, 9.17) is 10.8 Å².